The number of nitrogens with zero attached hydrogens (tertiary/aromatic N) is 2. The number of carbonyl (C=O) groups is 1. The van der Waals surface area contributed by atoms with Crippen molar-refractivity contribution in [1.82, 2.24) is 9.88 Å². The van der Waals surface area contributed by atoms with Crippen molar-refractivity contribution in [2.45, 2.75) is 32.9 Å². The summed E-state index contributed by atoms with van der Waals surface area (Å²) in [5.74, 6) is 0.136. The molecule has 2 aromatic rings. The van der Waals surface area contributed by atoms with Gasteiger partial charge in [0, 0.05) is 25.0 Å². The second-order valence-electron chi connectivity index (χ2n) is 5.14. The third-order valence-corrected chi connectivity index (χ3v) is 3.22. The maximum absolute atomic E-state index is 12.5. The predicted octanol–water partition coefficient (Wildman–Crippen LogP) is 3.06. The van der Waals surface area contributed by atoms with Crippen LogP contribution in [0.3, 0.4) is 0 Å². The zero-order valence-electron chi connectivity index (χ0n) is 12.0. The Morgan fingerprint density at radius 3 is 2.40 bits per heavy atom. The Hall–Kier alpha value is -2.16. The minimum absolute atomic E-state index is 0.136. The van der Waals surface area contributed by atoms with Crippen molar-refractivity contribution in [3.63, 3.8) is 0 Å². The fourth-order valence-electron chi connectivity index (χ4n) is 2.12. The van der Waals surface area contributed by atoms with E-state index in [1.807, 2.05) is 61.2 Å². The van der Waals surface area contributed by atoms with Crippen LogP contribution in [0.1, 0.15) is 25.0 Å². The number of carbonyl (C=O) groups excluding carboxylic acids is 1. The number of aromatic nitrogens is 1. The number of amides is 1. The molecule has 104 valence electrons. The summed E-state index contributed by atoms with van der Waals surface area (Å²) < 4.78 is 0. The average Bonchev–Trinajstić information content (AvgIpc) is 2.46. The Balaban J connectivity index is 2.07. The van der Waals surface area contributed by atoms with Gasteiger partial charge in [-0.25, -0.2) is 0 Å². The molecule has 3 heteroatoms. The van der Waals surface area contributed by atoms with Crippen LogP contribution in [0.2, 0.25) is 0 Å². The Morgan fingerprint density at radius 2 is 1.80 bits per heavy atom. The van der Waals surface area contributed by atoms with Crippen molar-refractivity contribution in [3.05, 3.63) is 66.0 Å². The summed E-state index contributed by atoms with van der Waals surface area (Å²) in [7, 11) is 0. The summed E-state index contributed by atoms with van der Waals surface area (Å²) in [6.07, 6.45) is 3.87. The Kier molecular flexibility index (Phi) is 4.88. The zero-order valence-corrected chi connectivity index (χ0v) is 12.0. The molecule has 0 saturated heterocycles. The first-order chi connectivity index (χ1) is 9.66. The lowest BCUT2D eigenvalue weighted by Gasteiger charge is -2.27. The second-order valence-corrected chi connectivity index (χ2v) is 5.14. The van der Waals surface area contributed by atoms with E-state index in [-0.39, 0.29) is 11.9 Å². The number of pyridine rings is 1. The number of hydrogen-bond acceptors (Lipinski definition) is 2. The van der Waals surface area contributed by atoms with E-state index in [0.29, 0.717) is 13.0 Å². The van der Waals surface area contributed by atoms with E-state index < -0.39 is 0 Å². The van der Waals surface area contributed by atoms with Crippen LogP contribution < -0.4 is 0 Å². The highest BCUT2D eigenvalue weighted by Gasteiger charge is 2.17. The van der Waals surface area contributed by atoms with Gasteiger partial charge in [0.25, 0.3) is 0 Å². The van der Waals surface area contributed by atoms with Crippen LogP contribution >= 0.6 is 0 Å². The quantitative estimate of drug-likeness (QED) is 0.835. The molecule has 2 rings (SSSR count). The number of rotatable bonds is 5. The van der Waals surface area contributed by atoms with E-state index >= 15 is 0 Å². The van der Waals surface area contributed by atoms with Crippen molar-refractivity contribution in [2.24, 2.45) is 0 Å². The van der Waals surface area contributed by atoms with E-state index in [1.54, 1.807) is 12.4 Å². The monoisotopic (exact) mass is 268 g/mol. The molecule has 0 radical (unpaired) electrons. The highest BCUT2D eigenvalue weighted by Crippen LogP contribution is 2.11. The van der Waals surface area contributed by atoms with Gasteiger partial charge in [-0.05, 0) is 31.0 Å². The van der Waals surface area contributed by atoms with Crippen LogP contribution in [-0.2, 0) is 17.8 Å². The highest BCUT2D eigenvalue weighted by molar-refractivity contribution is 5.79. The van der Waals surface area contributed by atoms with Gasteiger partial charge in [-0.1, -0.05) is 36.4 Å². The molecular formula is C17H20N2O. The van der Waals surface area contributed by atoms with Gasteiger partial charge in [-0.2, -0.15) is 0 Å². The van der Waals surface area contributed by atoms with Crippen LogP contribution in [0, 0.1) is 0 Å². The Morgan fingerprint density at radius 1 is 1.10 bits per heavy atom. The molecule has 1 heterocycles. The molecule has 1 aromatic carbocycles. The molecule has 0 spiro atoms. The predicted molar refractivity (Wildman–Crippen MR) is 80.1 cm³/mol. The third-order valence-electron chi connectivity index (χ3n) is 3.22. The van der Waals surface area contributed by atoms with Gasteiger partial charge in [-0.15, -0.1) is 0 Å². The topological polar surface area (TPSA) is 33.2 Å². The summed E-state index contributed by atoms with van der Waals surface area (Å²) >= 11 is 0. The van der Waals surface area contributed by atoms with Crippen LogP contribution in [-0.4, -0.2) is 21.8 Å². The molecule has 0 bridgehead atoms. The molecule has 1 amide bonds. The summed E-state index contributed by atoms with van der Waals surface area (Å²) in [5, 5.41) is 0. The van der Waals surface area contributed by atoms with Crippen LogP contribution in [0.5, 0.6) is 0 Å². The van der Waals surface area contributed by atoms with Crippen LogP contribution in [0.25, 0.3) is 0 Å². The Labute approximate surface area is 120 Å². The zero-order chi connectivity index (χ0) is 14.4. The third kappa shape index (κ3) is 3.92. The van der Waals surface area contributed by atoms with Crippen molar-refractivity contribution in [1.29, 1.82) is 0 Å². The molecule has 0 unspecified atom stereocenters. The fourth-order valence-corrected chi connectivity index (χ4v) is 2.12. The van der Waals surface area contributed by atoms with E-state index in [2.05, 4.69) is 4.98 Å². The first-order valence-corrected chi connectivity index (χ1v) is 6.89. The maximum atomic E-state index is 12.5. The van der Waals surface area contributed by atoms with Crippen molar-refractivity contribution in [2.75, 3.05) is 0 Å². The SMILES string of the molecule is CC(C)N(Cc1ccccc1)C(=O)Cc1cccnc1. The lowest BCUT2D eigenvalue weighted by Crippen LogP contribution is -2.37. The molecule has 0 aliphatic rings. The van der Waals surface area contributed by atoms with Gasteiger partial charge in [0.1, 0.15) is 0 Å². The standard InChI is InChI=1S/C17H20N2O/c1-14(2)19(13-15-7-4-3-5-8-15)17(20)11-16-9-6-10-18-12-16/h3-10,12,14H,11,13H2,1-2H3. The maximum Gasteiger partial charge on any atom is 0.227 e. The molecule has 0 fully saturated rings. The minimum Gasteiger partial charge on any atom is -0.336 e. The normalized spacial score (nSPS) is 10.6. The Bertz CT molecular complexity index is 537. The van der Waals surface area contributed by atoms with Gasteiger partial charge < -0.3 is 4.90 Å². The van der Waals surface area contributed by atoms with Gasteiger partial charge in [-0.3, -0.25) is 9.78 Å². The van der Waals surface area contributed by atoms with Gasteiger partial charge in [0.2, 0.25) is 5.91 Å². The molecule has 0 saturated carbocycles. The first-order valence-electron chi connectivity index (χ1n) is 6.89. The molecule has 20 heavy (non-hydrogen) atoms. The summed E-state index contributed by atoms with van der Waals surface area (Å²) in [6, 6.07) is 14.1. The number of benzene rings is 1. The van der Waals surface area contributed by atoms with Crippen molar-refractivity contribution in [3.8, 4) is 0 Å². The average molecular weight is 268 g/mol. The van der Waals surface area contributed by atoms with Gasteiger partial charge in [0.05, 0.1) is 6.42 Å². The fraction of sp³-hybridized carbons (Fsp3) is 0.294. The molecule has 0 N–H and O–H groups in total. The molecule has 0 aliphatic heterocycles. The molecular weight excluding hydrogens is 248 g/mol. The van der Waals surface area contributed by atoms with Crippen LogP contribution in [0.15, 0.2) is 54.9 Å². The molecule has 0 atom stereocenters. The van der Waals surface area contributed by atoms with E-state index in [4.69, 9.17) is 0 Å². The number of hydrogen-bond donors (Lipinski definition) is 0. The van der Waals surface area contributed by atoms with Gasteiger partial charge >= 0.3 is 0 Å². The molecule has 0 aliphatic carbocycles. The van der Waals surface area contributed by atoms with E-state index in [0.717, 1.165) is 11.1 Å². The summed E-state index contributed by atoms with van der Waals surface area (Å²) in [4.78, 5) is 18.4. The van der Waals surface area contributed by atoms with E-state index in [1.165, 1.54) is 0 Å². The minimum atomic E-state index is 0.136. The molecule has 3 nitrogen and oxygen atoms in total. The highest BCUT2D eigenvalue weighted by atomic mass is 16.2. The van der Waals surface area contributed by atoms with Gasteiger partial charge in [0.15, 0.2) is 0 Å². The first kappa shape index (κ1) is 14.3. The van der Waals surface area contributed by atoms with E-state index in [9.17, 15) is 4.79 Å². The second kappa shape index (κ2) is 6.85. The lowest BCUT2D eigenvalue weighted by atomic mass is 10.1. The van der Waals surface area contributed by atoms with Crippen molar-refractivity contribution < 1.29 is 4.79 Å². The summed E-state index contributed by atoms with van der Waals surface area (Å²) in [6.45, 7) is 4.74. The van der Waals surface area contributed by atoms with Crippen LogP contribution in [0.4, 0.5) is 0 Å². The largest absolute Gasteiger partial charge is 0.336 e. The summed E-state index contributed by atoms with van der Waals surface area (Å²) in [5.41, 5.74) is 2.11. The lowest BCUT2D eigenvalue weighted by molar-refractivity contribution is -0.132. The molecule has 1 aromatic heterocycles. The van der Waals surface area contributed by atoms with Crippen molar-refractivity contribution >= 4 is 5.91 Å². The smallest absolute Gasteiger partial charge is 0.227 e.